The Kier molecular flexibility index (Phi) is 4.30. The summed E-state index contributed by atoms with van der Waals surface area (Å²) in [5.74, 6) is 1.47. The van der Waals surface area contributed by atoms with Gasteiger partial charge in [0.2, 0.25) is 6.79 Å². The zero-order valence-electron chi connectivity index (χ0n) is 14.2. The maximum atomic E-state index is 13.2. The predicted octanol–water partition coefficient (Wildman–Crippen LogP) is 4.29. The third kappa shape index (κ3) is 3.43. The van der Waals surface area contributed by atoms with E-state index in [0.29, 0.717) is 17.2 Å². The normalized spacial score (nSPS) is 12.7. The zero-order valence-corrected chi connectivity index (χ0v) is 14.2. The highest BCUT2D eigenvalue weighted by Gasteiger charge is 2.33. The number of nitrogens with two attached hydrogens (primary N) is 1. The summed E-state index contributed by atoms with van der Waals surface area (Å²) in [6.07, 6.45) is -3.32. The van der Waals surface area contributed by atoms with Crippen LogP contribution < -0.4 is 25.8 Å². The van der Waals surface area contributed by atoms with Gasteiger partial charge < -0.3 is 25.8 Å². The van der Waals surface area contributed by atoms with Crippen LogP contribution in [0, 0.1) is 0 Å². The first-order valence-corrected chi connectivity index (χ1v) is 8.12. The van der Waals surface area contributed by atoms with E-state index in [2.05, 4.69) is 20.6 Å². The Bertz CT molecular complexity index is 1030. The van der Waals surface area contributed by atoms with E-state index in [1.54, 1.807) is 18.2 Å². The summed E-state index contributed by atoms with van der Waals surface area (Å²) < 4.78 is 50.1. The second-order valence-electron chi connectivity index (χ2n) is 5.85. The number of para-hydroxylation sites is 1. The van der Waals surface area contributed by atoms with E-state index in [1.165, 1.54) is 24.5 Å². The molecular formula is C18H14F3N5O2. The summed E-state index contributed by atoms with van der Waals surface area (Å²) >= 11 is 0. The predicted molar refractivity (Wildman–Crippen MR) is 97.0 cm³/mol. The Morgan fingerprint density at radius 3 is 2.43 bits per heavy atom. The number of fused-ring (bicyclic) bond motifs is 1. The van der Waals surface area contributed by atoms with Crippen molar-refractivity contribution in [3.63, 3.8) is 0 Å². The molecule has 0 radical (unpaired) electrons. The summed E-state index contributed by atoms with van der Waals surface area (Å²) in [4.78, 5) is 8.02. The van der Waals surface area contributed by atoms with Gasteiger partial charge in [-0.05, 0) is 24.3 Å². The van der Waals surface area contributed by atoms with Crippen LogP contribution in [0.3, 0.4) is 0 Å². The molecule has 1 aliphatic heterocycles. The van der Waals surface area contributed by atoms with E-state index >= 15 is 0 Å². The van der Waals surface area contributed by atoms with Crippen LogP contribution in [0.2, 0.25) is 0 Å². The molecule has 0 unspecified atom stereocenters. The average molecular weight is 389 g/mol. The largest absolute Gasteiger partial charge is 0.454 e. The highest BCUT2D eigenvalue weighted by molar-refractivity contribution is 5.81. The van der Waals surface area contributed by atoms with Crippen LogP contribution in [0.4, 0.5) is 41.9 Å². The molecule has 0 fully saturated rings. The fraction of sp³-hybridized carbons (Fsp3) is 0.111. The lowest BCUT2D eigenvalue weighted by Crippen LogP contribution is -2.10. The van der Waals surface area contributed by atoms with Crippen molar-refractivity contribution < 1.29 is 22.6 Å². The minimum absolute atomic E-state index is 0.0509. The summed E-state index contributed by atoms with van der Waals surface area (Å²) in [6, 6.07) is 10.2. The maximum Gasteiger partial charge on any atom is 0.418 e. The van der Waals surface area contributed by atoms with Crippen molar-refractivity contribution in [1.29, 1.82) is 0 Å². The first kappa shape index (κ1) is 17.7. The van der Waals surface area contributed by atoms with Crippen molar-refractivity contribution in [2.45, 2.75) is 6.18 Å². The number of nitrogen functional groups attached to an aromatic ring is 1. The SMILES string of the molecule is Nc1c(Nc2ccc3c(c2)OCO3)ncnc1Nc1ccccc1C(F)(F)F. The molecule has 2 heterocycles. The van der Waals surface area contributed by atoms with E-state index in [9.17, 15) is 13.2 Å². The van der Waals surface area contributed by atoms with Gasteiger partial charge in [0, 0.05) is 11.8 Å². The van der Waals surface area contributed by atoms with Gasteiger partial charge in [-0.1, -0.05) is 12.1 Å². The number of halogens is 3. The standard InChI is InChI=1S/C18H14F3N5O2/c19-18(20,21)11-3-1-2-4-12(11)26-17-15(22)16(23-8-24-17)25-10-5-6-13-14(7-10)28-9-27-13/h1-8H,9,22H2,(H2,23,24,25,26). The molecule has 144 valence electrons. The van der Waals surface area contributed by atoms with Gasteiger partial charge >= 0.3 is 6.18 Å². The molecule has 2 aromatic carbocycles. The lowest BCUT2D eigenvalue weighted by atomic mass is 10.1. The molecule has 0 saturated heterocycles. The molecule has 1 aromatic heterocycles. The first-order chi connectivity index (χ1) is 13.4. The number of rotatable bonds is 4. The van der Waals surface area contributed by atoms with Crippen LogP contribution in [0.25, 0.3) is 0 Å². The summed E-state index contributed by atoms with van der Waals surface area (Å²) in [5.41, 5.74) is 5.77. The van der Waals surface area contributed by atoms with Crippen LogP contribution in [0.15, 0.2) is 48.8 Å². The van der Waals surface area contributed by atoms with Crippen LogP contribution in [0.5, 0.6) is 11.5 Å². The van der Waals surface area contributed by atoms with E-state index in [-0.39, 0.29) is 29.8 Å². The van der Waals surface area contributed by atoms with Gasteiger partial charge in [-0.25, -0.2) is 9.97 Å². The fourth-order valence-corrected chi connectivity index (χ4v) is 2.67. The third-order valence-corrected chi connectivity index (χ3v) is 4.00. The number of alkyl halides is 3. The van der Waals surface area contributed by atoms with Gasteiger partial charge in [0.15, 0.2) is 23.1 Å². The number of anilines is 5. The van der Waals surface area contributed by atoms with Gasteiger partial charge in [-0.2, -0.15) is 13.2 Å². The van der Waals surface area contributed by atoms with Gasteiger partial charge in [-0.3, -0.25) is 0 Å². The van der Waals surface area contributed by atoms with Gasteiger partial charge in [0.1, 0.15) is 12.0 Å². The highest BCUT2D eigenvalue weighted by atomic mass is 19.4. The second-order valence-corrected chi connectivity index (χ2v) is 5.85. The minimum atomic E-state index is -4.51. The molecule has 0 bridgehead atoms. The number of hydrogen-bond acceptors (Lipinski definition) is 7. The van der Waals surface area contributed by atoms with Crippen LogP contribution in [0.1, 0.15) is 5.56 Å². The smallest absolute Gasteiger partial charge is 0.418 e. The van der Waals surface area contributed by atoms with Crippen LogP contribution in [-0.2, 0) is 6.18 Å². The number of benzene rings is 2. The number of ether oxygens (including phenoxy) is 2. The molecule has 0 aliphatic carbocycles. The zero-order chi connectivity index (χ0) is 19.7. The van der Waals surface area contributed by atoms with E-state index < -0.39 is 11.7 Å². The molecule has 7 nitrogen and oxygen atoms in total. The Morgan fingerprint density at radius 1 is 0.929 bits per heavy atom. The molecule has 10 heteroatoms. The lowest BCUT2D eigenvalue weighted by Gasteiger charge is -2.16. The molecule has 28 heavy (non-hydrogen) atoms. The minimum Gasteiger partial charge on any atom is -0.454 e. The Labute approximate surface area is 157 Å². The van der Waals surface area contributed by atoms with E-state index in [0.717, 1.165) is 6.07 Å². The van der Waals surface area contributed by atoms with Crippen molar-refractivity contribution in [3.8, 4) is 11.5 Å². The second kappa shape index (κ2) is 6.80. The van der Waals surface area contributed by atoms with Crippen LogP contribution >= 0.6 is 0 Å². The van der Waals surface area contributed by atoms with E-state index in [1.807, 2.05) is 0 Å². The van der Waals surface area contributed by atoms with Gasteiger partial charge in [0.05, 0.1) is 11.3 Å². The fourth-order valence-electron chi connectivity index (χ4n) is 2.67. The lowest BCUT2D eigenvalue weighted by molar-refractivity contribution is -0.136. The van der Waals surface area contributed by atoms with Crippen molar-refractivity contribution in [2.75, 3.05) is 23.2 Å². The molecule has 0 amide bonds. The molecule has 0 atom stereocenters. The molecule has 4 rings (SSSR count). The molecule has 0 saturated carbocycles. The number of aromatic nitrogens is 2. The number of nitrogens with one attached hydrogen (secondary N) is 2. The Hall–Kier alpha value is -3.69. The first-order valence-electron chi connectivity index (χ1n) is 8.12. The Morgan fingerprint density at radius 2 is 1.64 bits per heavy atom. The quantitative estimate of drug-likeness (QED) is 0.613. The molecule has 1 aliphatic rings. The van der Waals surface area contributed by atoms with Gasteiger partial charge in [-0.15, -0.1) is 0 Å². The van der Waals surface area contributed by atoms with Crippen molar-refractivity contribution in [1.82, 2.24) is 9.97 Å². The van der Waals surface area contributed by atoms with Gasteiger partial charge in [0.25, 0.3) is 0 Å². The molecule has 4 N–H and O–H groups in total. The number of nitrogens with zero attached hydrogens (tertiary/aromatic N) is 2. The summed E-state index contributed by atoms with van der Waals surface area (Å²) in [7, 11) is 0. The van der Waals surface area contributed by atoms with Crippen molar-refractivity contribution in [3.05, 3.63) is 54.4 Å². The van der Waals surface area contributed by atoms with Crippen molar-refractivity contribution in [2.24, 2.45) is 0 Å². The number of hydrogen-bond donors (Lipinski definition) is 3. The third-order valence-electron chi connectivity index (χ3n) is 4.00. The Balaban J connectivity index is 1.61. The van der Waals surface area contributed by atoms with E-state index in [4.69, 9.17) is 15.2 Å². The molecule has 0 spiro atoms. The van der Waals surface area contributed by atoms with Crippen molar-refractivity contribution >= 4 is 28.7 Å². The molecule has 3 aromatic rings. The maximum absolute atomic E-state index is 13.2. The van der Waals surface area contributed by atoms with Crippen LogP contribution in [-0.4, -0.2) is 16.8 Å². The molecular weight excluding hydrogens is 375 g/mol. The highest BCUT2D eigenvalue weighted by Crippen LogP contribution is 2.38. The summed E-state index contributed by atoms with van der Waals surface area (Å²) in [6.45, 7) is 0.140. The summed E-state index contributed by atoms with van der Waals surface area (Å²) in [5, 5.41) is 5.63. The average Bonchev–Trinajstić information content (AvgIpc) is 3.12. The monoisotopic (exact) mass is 389 g/mol. The topological polar surface area (TPSA) is 94.3 Å².